The van der Waals surface area contributed by atoms with Gasteiger partial charge in [0.15, 0.2) is 17.3 Å². The summed E-state index contributed by atoms with van der Waals surface area (Å²) < 4.78 is 56.0. The third-order valence-corrected chi connectivity index (χ3v) is 8.36. The monoisotopic (exact) mass is 546 g/mol. The number of ether oxygens (including phenoxy) is 1. The molecule has 0 bridgehead atoms. The van der Waals surface area contributed by atoms with Gasteiger partial charge in [0.25, 0.3) is 5.91 Å². The van der Waals surface area contributed by atoms with Gasteiger partial charge in [0.05, 0.1) is 5.25 Å². The minimum absolute atomic E-state index is 0.0330. The fourth-order valence-corrected chi connectivity index (χ4v) is 5.97. The highest BCUT2D eigenvalue weighted by Gasteiger charge is 2.29. The minimum atomic E-state index is -3.06. The lowest BCUT2D eigenvalue weighted by atomic mass is 9.89. The van der Waals surface area contributed by atoms with E-state index in [4.69, 9.17) is 16.3 Å². The van der Waals surface area contributed by atoms with Gasteiger partial charge in [0.2, 0.25) is 0 Å². The van der Waals surface area contributed by atoms with Gasteiger partial charge in [-0.15, -0.1) is 0 Å². The van der Waals surface area contributed by atoms with Crippen molar-refractivity contribution in [3.05, 3.63) is 34.5 Å². The summed E-state index contributed by atoms with van der Waals surface area (Å²) in [4.78, 5) is 21.6. The molecule has 36 heavy (non-hydrogen) atoms. The van der Waals surface area contributed by atoms with E-state index in [1.807, 2.05) is 13.8 Å². The molecular formula is C24H33ClF2N4O4S. The van der Waals surface area contributed by atoms with Crippen molar-refractivity contribution in [2.24, 2.45) is 11.8 Å². The highest BCUT2D eigenvalue weighted by Crippen LogP contribution is 2.32. The summed E-state index contributed by atoms with van der Waals surface area (Å²) in [6.07, 6.45) is 6.36. The van der Waals surface area contributed by atoms with Crippen molar-refractivity contribution in [1.29, 1.82) is 0 Å². The molecular weight excluding hydrogens is 514 g/mol. The van der Waals surface area contributed by atoms with Crippen LogP contribution in [-0.2, 0) is 22.7 Å². The van der Waals surface area contributed by atoms with Crippen molar-refractivity contribution in [2.75, 3.05) is 12.8 Å². The Kier molecular flexibility index (Phi) is 9.32. The number of pyridine rings is 1. The van der Waals surface area contributed by atoms with Crippen molar-refractivity contribution in [2.45, 2.75) is 71.2 Å². The number of aryl methyl sites for hydroxylation is 1. The number of alkyl halides is 2. The molecule has 1 amide bonds. The Morgan fingerprint density at radius 2 is 1.94 bits per heavy atom. The number of nitrogens with zero attached hydrogens (tertiary/aromatic N) is 3. The Labute approximate surface area is 215 Å². The molecule has 200 valence electrons. The Balaban J connectivity index is 1.81. The Bertz CT molecular complexity index is 1180. The van der Waals surface area contributed by atoms with E-state index < -0.39 is 22.4 Å². The molecule has 1 fully saturated rings. The van der Waals surface area contributed by atoms with Gasteiger partial charge in [-0.2, -0.15) is 8.78 Å². The normalized spacial score (nSPS) is 18.6. The molecule has 0 aromatic carbocycles. The molecule has 0 saturated heterocycles. The predicted molar refractivity (Wildman–Crippen MR) is 134 cm³/mol. The second kappa shape index (κ2) is 11.9. The molecule has 0 aliphatic heterocycles. The van der Waals surface area contributed by atoms with E-state index in [0.29, 0.717) is 50.9 Å². The lowest BCUT2D eigenvalue weighted by Crippen LogP contribution is -2.34. The second-order valence-electron chi connectivity index (χ2n) is 9.68. The number of nitrogens with one attached hydrogen (secondary N) is 1. The zero-order chi connectivity index (χ0) is 26.6. The number of aromatic nitrogens is 3. The van der Waals surface area contributed by atoms with E-state index in [2.05, 4.69) is 15.3 Å². The van der Waals surface area contributed by atoms with Crippen LogP contribution in [-0.4, -0.2) is 53.5 Å². The van der Waals surface area contributed by atoms with Crippen LogP contribution >= 0.6 is 11.6 Å². The second-order valence-corrected chi connectivity index (χ2v) is 12.4. The van der Waals surface area contributed by atoms with Gasteiger partial charge >= 0.3 is 6.61 Å². The SMILES string of the molecule is CCc1nc(C(=O)NCC2CCC(S(C)(=O)=O)CC2)c(Cl)n1-c1ncc(CC(C)C)cc1OC(F)F. The molecule has 1 aliphatic carbocycles. The average molecular weight is 547 g/mol. The van der Waals surface area contributed by atoms with Gasteiger partial charge in [-0.3, -0.25) is 9.36 Å². The minimum Gasteiger partial charge on any atom is -0.431 e. The van der Waals surface area contributed by atoms with Crippen LogP contribution in [0.25, 0.3) is 5.82 Å². The number of hydrogen-bond acceptors (Lipinski definition) is 6. The topological polar surface area (TPSA) is 103 Å². The molecule has 2 heterocycles. The van der Waals surface area contributed by atoms with E-state index in [0.717, 1.165) is 5.56 Å². The molecule has 8 nitrogen and oxygen atoms in total. The summed E-state index contributed by atoms with van der Waals surface area (Å²) in [7, 11) is -3.06. The number of sulfone groups is 1. The predicted octanol–water partition coefficient (Wildman–Crippen LogP) is 4.62. The molecule has 0 unspecified atom stereocenters. The van der Waals surface area contributed by atoms with Crippen LogP contribution in [0.2, 0.25) is 5.15 Å². The lowest BCUT2D eigenvalue weighted by Gasteiger charge is -2.27. The summed E-state index contributed by atoms with van der Waals surface area (Å²) in [5, 5.41) is 2.46. The lowest BCUT2D eigenvalue weighted by molar-refractivity contribution is -0.0501. The third kappa shape index (κ3) is 6.94. The van der Waals surface area contributed by atoms with Crippen LogP contribution in [0.1, 0.15) is 68.3 Å². The average Bonchev–Trinajstić information content (AvgIpc) is 3.13. The first-order chi connectivity index (χ1) is 16.9. The van der Waals surface area contributed by atoms with E-state index in [1.165, 1.54) is 16.9 Å². The maximum Gasteiger partial charge on any atom is 0.387 e. The largest absolute Gasteiger partial charge is 0.431 e. The van der Waals surface area contributed by atoms with Crippen molar-refractivity contribution in [3.63, 3.8) is 0 Å². The third-order valence-electron chi connectivity index (χ3n) is 6.33. The molecule has 1 saturated carbocycles. The molecule has 12 heteroatoms. The van der Waals surface area contributed by atoms with Crippen LogP contribution in [0, 0.1) is 11.8 Å². The van der Waals surface area contributed by atoms with Crippen molar-refractivity contribution >= 4 is 27.3 Å². The van der Waals surface area contributed by atoms with Crippen LogP contribution in [0.15, 0.2) is 12.3 Å². The number of carbonyl (C=O) groups is 1. The zero-order valence-electron chi connectivity index (χ0n) is 20.9. The van der Waals surface area contributed by atoms with Gasteiger partial charge in [-0.05, 0) is 55.6 Å². The molecule has 0 spiro atoms. The molecule has 2 aromatic rings. The summed E-state index contributed by atoms with van der Waals surface area (Å²) in [5.41, 5.74) is 0.705. The van der Waals surface area contributed by atoms with E-state index >= 15 is 0 Å². The van der Waals surface area contributed by atoms with Gasteiger partial charge in [-0.25, -0.2) is 18.4 Å². The number of carbonyl (C=O) groups excluding carboxylic acids is 1. The maximum atomic E-state index is 13.2. The first-order valence-corrected chi connectivity index (χ1v) is 14.4. The van der Waals surface area contributed by atoms with Crippen LogP contribution < -0.4 is 10.1 Å². The van der Waals surface area contributed by atoms with Crippen molar-refractivity contribution in [1.82, 2.24) is 19.9 Å². The van der Waals surface area contributed by atoms with Crippen LogP contribution in [0.4, 0.5) is 8.78 Å². The fourth-order valence-electron chi connectivity index (χ4n) is 4.54. The van der Waals surface area contributed by atoms with Crippen molar-refractivity contribution in [3.8, 4) is 11.6 Å². The summed E-state index contributed by atoms with van der Waals surface area (Å²) >= 11 is 6.55. The summed E-state index contributed by atoms with van der Waals surface area (Å²) in [6, 6.07) is 1.51. The quantitative estimate of drug-likeness (QED) is 0.466. The highest BCUT2D eigenvalue weighted by atomic mass is 35.5. The molecule has 1 N–H and O–H groups in total. The standard InChI is InChI=1S/C24H33ClF2N4O4S/c1-5-19-30-20(23(32)29-12-15-6-8-17(9-7-15)36(4,33)34)21(25)31(19)22-18(35-24(26)27)11-16(13-28-22)10-14(2)3/h11,13-15,17,24H,5-10,12H2,1-4H3,(H,29,32). The van der Waals surface area contributed by atoms with E-state index in [1.54, 1.807) is 13.1 Å². The molecule has 1 aliphatic rings. The van der Waals surface area contributed by atoms with Crippen molar-refractivity contribution < 1.29 is 26.7 Å². The van der Waals surface area contributed by atoms with E-state index in [-0.39, 0.29) is 39.5 Å². The molecule has 0 radical (unpaired) electrons. The summed E-state index contributed by atoms with van der Waals surface area (Å²) in [5.74, 6) is 0.215. The number of rotatable bonds is 10. The molecule has 0 atom stereocenters. The number of halogens is 3. The zero-order valence-corrected chi connectivity index (χ0v) is 22.5. The van der Waals surface area contributed by atoms with Crippen LogP contribution in [0.5, 0.6) is 5.75 Å². The Morgan fingerprint density at radius 1 is 1.28 bits per heavy atom. The molecule has 2 aromatic heterocycles. The fraction of sp³-hybridized carbons (Fsp3) is 0.625. The van der Waals surface area contributed by atoms with Crippen LogP contribution in [0.3, 0.4) is 0 Å². The highest BCUT2D eigenvalue weighted by molar-refractivity contribution is 7.91. The van der Waals surface area contributed by atoms with E-state index in [9.17, 15) is 22.0 Å². The van der Waals surface area contributed by atoms with Gasteiger partial charge in [0, 0.05) is 25.4 Å². The molecule has 3 rings (SSSR count). The number of amides is 1. The first-order valence-electron chi connectivity index (χ1n) is 12.1. The Hall–Kier alpha value is -2.27. The number of imidazole rings is 1. The smallest absolute Gasteiger partial charge is 0.387 e. The number of hydrogen-bond donors (Lipinski definition) is 1. The van der Waals surface area contributed by atoms with Gasteiger partial charge < -0.3 is 10.1 Å². The van der Waals surface area contributed by atoms with Gasteiger partial charge in [-0.1, -0.05) is 32.4 Å². The summed E-state index contributed by atoms with van der Waals surface area (Å²) in [6.45, 7) is 3.12. The Morgan fingerprint density at radius 3 is 2.50 bits per heavy atom. The van der Waals surface area contributed by atoms with Gasteiger partial charge in [0.1, 0.15) is 20.8 Å². The maximum absolute atomic E-state index is 13.2. The first kappa shape index (κ1) is 28.3.